The number of anilines is 2. The van der Waals surface area contributed by atoms with Crippen LogP contribution < -0.4 is 10.2 Å². The van der Waals surface area contributed by atoms with E-state index in [1.165, 1.54) is 0 Å². The molecule has 1 saturated heterocycles. The minimum absolute atomic E-state index is 0.132. The highest BCUT2D eigenvalue weighted by atomic mass is 16.2. The molecule has 4 rings (SSSR count). The van der Waals surface area contributed by atoms with E-state index < -0.39 is 6.04 Å². The number of rotatable bonds is 2. The largest absolute Gasteiger partial charge is 0.378 e. The van der Waals surface area contributed by atoms with Crippen LogP contribution in [0, 0.1) is 0 Å². The van der Waals surface area contributed by atoms with E-state index in [2.05, 4.69) is 5.32 Å². The van der Waals surface area contributed by atoms with Gasteiger partial charge in [0.15, 0.2) is 0 Å². The van der Waals surface area contributed by atoms with Crippen LogP contribution in [0.1, 0.15) is 20.7 Å². The Balaban J connectivity index is 1.55. The Hall–Kier alpha value is -3.35. The Morgan fingerprint density at radius 1 is 1.04 bits per heavy atom. The van der Waals surface area contributed by atoms with E-state index in [0.717, 1.165) is 5.69 Å². The molecule has 2 aromatic carbocycles. The maximum atomic E-state index is 12.9. The summed E-state index contributed by atoms with van der Waals surface area (Å²) >= 11 is 0. The lowest BCUT2D eigenvalue weighted by Gasteiger charge is -2.39. The van der Waals surface area contributed by atoms with Gasteiger partial charge in [-0.05, 0) is 36.4 Å². The molecular formula is C21H22N4O3. The van der Waals surface area contributed by atoms with E-state index in [1.807, 2.05) is 31.1 Å². The minimum Gasteiger partial charge on any atom is -0.378 e. The number of amides is 3. The average Bonchev–Trinajstić information content (AvgIpc) is 2.82. The van der Waals surface area contributed by atoms with Crippen molar-refractivity contribution < 1.29 is 14.4 Å². The first-order valence-electron chi connectivity index (χ1n) is 9.23. The molecule has 3 amide bonds. The van der Waals surface area contributed by atoms with E-state index >= 15 is 0 Å². The highest BCUT2D eigenvalue weighted by Gasteiger charge is 2.40. The topological polar surface area (TPSA) is 73.0 Å². The number of para-hydroxylation sites is 1. The lowest BCUT2D eigenvalue weighted by atomic mass is 10.1. The molecule has 7 heteroatoms. The maximum absolute atomic E-state index is 12.9. The number of fused-ring (bicyclic) bond motifs is 2. The Kier molecular flexibility index (Phi) is 4.50. The van der Waals surface area contributed by atoms with Gasteiger partial charge in [-0.25, -0.2) is 0 Å². The summed E-state index contributed by atoms with van der Waals surface area (Å²) in [6, 6.07) is 13.7. The SMILES string of the molecule is CN(C)c1ccc(C(=O)N2CCN3C(=O)c4ccccc4NC(=O)[C@H]3C2)cc1. The molecule has 1 fully saturated rings. The van der Waals surface area contributed by atoms with Crippen LogP contribution in [0.25, 0.3) is 0 Å². The summed E-state index contributed by atoms with van der Waals surface area (Å²) in [7, 11) is 3.88. The van der Waals surface area contributed by atoms with Gasteiger partial charge in [-0.1, -0.05) is 12.1 Å². The summed E-state index contributed by atoms with van der Waals surface area (Å²) in [4.78, 5) is 43.7. The van der Waals surface area contributed by atoms with Gasteiger partial charge in [0.1, 0.15) is 6.04 Å². The smallest absolute Gasteiger partial charge is 0.256 e. The van der Waals surface area contributed by atoms with Gasteiger partial charge in [-0.15, -0.1) is 0 Å². The van der Waals surface area contributed by atoms with Crippen molar-refractivity contribution in [1.29, 1.82) is 0 Å². The zero-order chi connectivity index (χ0) is 19.8. The molecule has 0 saturated carbocycles. The molecule has 2 heterocycles. The van der Waals surface area contributed by atoms with E-state index in [1.54, 1.807) is 46.2 Å². The molecule has 2 aliphatic rings. The Labute approximate surface area is 163 Å². The van der Waals surface area contributed by atoms with Gasteiger partial charge in [-0.2, -0.15) is 0 Å². The van der Waals surface area contributed by atoms with Crippen LogP contribution >= 0.6 is 0 Å². The standard InChI is InChI=1S/C21H22N4O3/c1-23(2)15-9-7-14(8-10-15)20(27)24-11-12-25-18(13-24)19(26)22-17-6-4-3-5-16(17)21(25)28/h3-10,18H,11-13H2,1-2H3,(H,22,26)/t18-/m1/s1. The van der Waals surface area contributed by atoms with Crippen LogP contribution in [0.15, 0.2) is 48.5 Å². The van der Waals surface area contributed by atoms with Crippen LogP contribution in [-0.2, 0) is 4.79 Å². The molecule has 2 aliphatic heterocycles. The molecule has 1 atom stereocenters. The Morgan fingerprint density at radius 2 is 1.75 bits per heavy atom. The second kappa shape index (κ2) is 6.99. The monoisotopic (exact) mass is 378 g/mol. The second-order valence-electron chi connectivity index (χ2n) is 7.24. The van der Waals surface area contributed by atoms with Crippen molar-refractivity contribution in [1.82, 2.24) is 9.80 Å². The molecule has 0 unspecified atom stereocenters. The van der Waals surface area contributed by atoms with Crippen molar-refractivity contribution in [3.05, 3.63) is 59.7 Å². The summed E-state index contributed by atoms with van der Waals surface area (Å²) in [6.45, 7) is 0.901. The first-order chi connectivity index (χ1) is 13.5. The average molecular weight is 378 g/mol. The van der Waals surface area contributed by atoms with Gasteiger partial charge >= 0.3 is 0 Å². The highest BCUT2D eigenvalue weighted by Crippen LogP contribution is 2.26. The molecule has 1 N–H and O–H groups in total. The van der Waals surface area contributed by atoms with Crippen molar-refractivity contribution in [2.24, 2.45) is 0 Å². The van der Waals surface area contributed by atoms with Gasteiger partial charge in [0, 0.05) is 38.4 Å². The molecule has 28 heavy (non-hydrogen) atoms. The van der Waals surface area contributed by atoms with E-state index in [0.29, 0.717) is 29.9 Å². The van der Waals surface area contributed by atoms with E-state index in [9.17, 15) is 14.4 Å². The summed E-state index contributed by atoms with van der Waals surface area (Å²) in [5.41, 5.74) is 2.58. The van der Waals surface area contributed by atoms with Gasteiger partial charge < -0.3 is 20.0 Å². The first kappa shape index (κ1) is 18.0. The van der Waals surface area contributed by atoms with Crippen LogP contribution in [-0.4, -0.2) is 67.3 Å². The number of nitrogens with zero attached hydrogens (tertiary/aromatic N) is 3. The van der Waals surface area contributed by atoms with Gasteiger partial charge in [-0.3, -0.25) is 14.4 Å². The minimum atomic E-state index is -0.696. The molecule has 0 aromatic heterocycles. The summed E-state index contributed by atoms with van der Waals surface area (Å²) < 4.78 is 0. The summed E-state index contributed by atoms with van der Waals surface area (Å²) in [5.74, 6) is -0.577. The number of benzene rings is 2. The first-order valence-corrected chi connectivity index (χ1v) is 9.23. The van der Waals surface area contributed by atoms with Crippen LogP contribution in [0.3, 0.4) is 0 Å². The third-order valence-electron chi connectivity index (χ3n) is 5.28. The van der Waals surface area contributed by atoms with E-state index in [-0.39, 0.29) is 24.3 Å². The Morgan fingerprint density at radius 3 is 2.46 bits per heavy atom. The zero-order valence-electron chi connectivity index (χ0n) is 15.9. The fourth-order valence-electron chi connectivity index (χ4n) is 3.67. The van der Waals surface area contributed by atoms with Gasteiger partial charge in [0.05, 0.1) is 17.8 Å². The lowest BCUT2D eigenvalue weighted by molar-refractivity contribution is -0.121. The number of hydrogen-bond acceptors (Lipinski definition) is 4. The molecule has 7 nitrogen and oxygen atoms in total. The fraction of sp³-hybridized carbons (Fsp3) is 0.286. The van der Waals surface area contributed by atoms with Crippen molar-refractivity contribution in [2.45, 2.75) is 6.04 Å². The highest BCUT2D eigenvalue weighted by molar-refractivity contribution is 6.10. The normalized spacial score (nSPS) is 18.7. The predicted molar refractivity (Wildman–Crippen MR) is 107 cm³/mol. The van der Waals surface area contributed by atoms with E-state index in [4.69, 9.17) is 0 Å². The third kappa shape index (κ3) is 3.09. The van der Waals surface area contributed by atoms with Crippen molar-refractivity contribution in [3.8, 4) is 0 Å². The summed E-state index contributed by atoms with van der Waals surface area (Å²) in [5, 5.41) is 2.83. The molecule has 2 aromatic rings. The van der Waals surface area contributed by atoms with Crippen LogP contribution in [0.4, 0.5) is 11.4 Å². The zero-order valence-corrected chi connectivity index (χ0v) is 15.9. The number of carbonyl (C=O) groups excluding carboxylic acids is 3. The molecule has 0 radical (unpaired) electrons. The number of nitrogens with one attached hydrogen (secondary N) is 1. The van der Waals surface area contributed by atoms with Gasteiger partial charge in [0.2, 0.25) is 5.91 Å². The molecule has 0 aliphatic carbocycles. The number of hydrogen-bond donors (Lipinski definition) is 1. The summed E-state index contributed by atoms with van der Waals surface area (Å²) in [6.07, 6.45) is 0. The predicted octanol–water partition coefficient (Wildman–Crippen LogP) is 1.67. The second-order valence-corrected chi connectivity index (χ2v) is 7.24. The third-order valence-corrected chi connectivity index (χ3v) is 5.28. The van der Waals surface area contributed by atoms with Crippen molar-refractivity contribution in [3.63, 3.8) is 0 Å². The fourth-order valence-corrected chi connectivity index (χ4v) is 3.67. The molecule has 144 valence electrons. The van der Waals surface area contributed by atoms with Crippen LogP contribution in [0.5, 0.6) is 0 Å². The Bertz CT molecular complexity index is 939. The number of piperazine rings is 1. The lowest BCUT2D eigenvalue weighted by Crippen LogP contribution is -2.59. The van der Waals surface area contributed by atoms with Crippen molar-refractivity contribution in [2.75, 3.05) is 43.9 Å². The molecule has 0 spiro atoms. The maximum Gasteiger partial charge on any atom is 0.256 e. The number of carbonyl (C=O) groups is 3. The van der Waals surface area contributed by atoms with Crippen LogP contribution in [0.2, 0.25) is 0 Å². The molecular weight excluding hydrogens is 356 g/mol. The quantitative estimate of drug-likeness (QED) is 0.863. The van der Waals surface area contributed by atoms with Crippen molar-refractivity contribution >= 4 is 29.1 Å². The van der Waals surface area contributed by atoms with Gasteiger partial charge in [0.25, 0.3) is 11.8 Å². The molecule has 0 bridgehead atoms.